The molecule has 2 aromatic rings. The van der Waals surface area contributed by atoms with Crippen LogP contribution in [-0.4, -0.2) is 11.6 Å². The van der Waals surface area contributed by atoms with Gasteiger partial charge in [-0.05, 0) is 24.1 Å². The number of nitrogens with one attached hydrogen (secondary N) is 1. The highest BCUT2D eigenvalue weighted by Crippen LogP contribution is 2.26. The SMILES string of the molecule is CCCOc1cncc(C(NN)c2ccc(F)cc2F)c1. The predicted octanol–water partition coefficient (Wildman–Crippen LogP) is 2.70. The minimum atomic E-state index is -0.669. The van der Waals surface area contributed by atoms with Crippen molar-refractivity contribution in [3.63, 3.8) is 0 Å². The molecule has 4 nitrogen and oxygen atoms in total. The van der Waals surface area contributed by atoms with Gasteiger partial charge in [0.15, 0.2) is 0 Å². The van der Waals surface area contributed by atoms with E-state index in [1.807, 2.05) is 6.92 Å². The lowest BCUT2D eigenvalue weighted by molar-refractivity contribution is 0.315. The zero-order valence-electron chi connectivity index (χ0n) is 11.6. The van der Waals surface area contributed by atoms with Crippen molar-refractivity contribution < 1.29 is 13.5 Å². The maximum atomic E-state index is 13.9. The zero-order chi connectivity index (χ0) is 15.2. The first kappa shape index (κ1) is 15.3. The van der Waals surface area contributed by atoms with Crippen molar-refractivity contribution >= 4 is 0 Å². The smallest absolute Gasteiger partial charge is 0.137 e. The number of halogens is 2. The number of hydrazine groups is 1. The van der Waals surface area contributed by atoms with E-state index in [0.717, 1.165) is 12.5 Å². The fraction of sp³-hybridized carbons (Fsp3) is 0.267. The number of nitrogens with two attached hydrogens (primary N) is 1. The molecule has 2 rings (SSSR count). The third-order valence-corrected chi connectivity index (χ3v) is 2.98. The topological polar surface area (TPSA) is 60.2 Å². The van der Waals surface area contributed by atoms with Crippen molar-refractivity contribution in [2.75, 3.05) is 6.61 Å². The Kier molecular flexibility index (Phi) is 5.19. The number of ether oxygens (including phenoxy) is 1. The van der Waals surface area contributed by atoms with Crippen molar-refractivity contribution in [2.45, 2.75) is 19.4 Å². The van der Waals surface area contributed by atoms with Gasteiger partial charge in [0.05, 0.1) is 18.8 Å². The van der Waals surface area contributed by atoms with Gasteiger partial charge in [-0.25, -0.2) is 14.2 Å². The first-order valence-electron chi connectivity index (χ1n) is 6.64. The highest BCUT2D eigenvalue weighted by atomic mass is 19.1. The second kappa shape index (κ2) is 7.10. The highest BCUT2D eigenvalue weighted by molar-refractivity contribution is 5.34. The van der Waals surface area contributed by atoms with E-state index in [0.29, 0.717) is 17.9 Å². The van der Waals surface area contributed by atoms with Crippen LogP contribution in [0, 0.1) is 11.6 Å². The van der Waals surface area contributed by atoms with Crippen LogP contribution in [0.1, 0.15) is 30.5 Å². The van der Waals surface area contributed by atoms with Gasteiger partial charge in [-0.3, -0.25) is 10.8 Å². The molecule has 1 atom stereocenters. The summed E-state index contributed by atoms with van der Waals surface area (Å²) in [6, 6.07) is 4.46. The summed E-state index contributed by atoms with van der Waals surface area (Å²) in [7, 11) is 0. The first-order valence-corrected chi connectivity index (χ1v) is 6.64. The Morgan fingerprint density at radius 2 is 2.10 bits per heavy atom. The Labute approximate surface area is 121 Å². The molecule has 0 radical (unpaired) electrons. The fourth-order valence-corrected chi connectivity index (χ4v) is 1.99. The molecule has 0 saturated heterocycles. The monoisotopic (exact) mass is 293 g/mol. The van der Waals surface area contributed by atoms with E-state index in [1.165, 1.54) is 12.1 Å². The summed E-state index contributed by atoms with van der Waals surface area (Å²) in [5.74, 6) is 4.79. The summed E-state index contributed by atoms with van der Waals surface area (Å²) in [6.07, 6.45) is 4.01. The number of aromatic nitrogens is 1. The van der Waals surface area contributed by atoms with Crippen LogP contribution < -0.4 is 16.0 Å². The second-order valence-corrected chi connectivity index (χ2v) is 4.57. The number of nitrogens with zero attached hydrogens (tertiary/aromatic N) is 1. The molecular formula is C15H17F2N3O. The van der Waals surface area contributed by atoms with Crippen molar-refractivity contribution in [3.05, 3.63) is 59.4 Å². The molecule has 1 heterocycles. The number of rotatable bonds is 6. The number of pyridine rings is 1. The molecule has 0 aliphatic heterocycles. The number of hydrogen-bond donors (Lipinski definition) is 2. The Bertz CT molecular complexity index is 607. The Balaban J connectivity index is 2.32. The third-order valence-electron chi connectivity index (χ3n) is 2.98. The van der Waals surface area contributed by atoms with Gasteiger partial charge in [0.2, 0.25) is 0 Å². The molecule has 0 aliphatic rings. The van der Waals surface area contributed by atoms with E-state index in [2.05, 4.69) is 10.4 Å². The van der Waals surface area contributed by atoms with Gasteiger partial charge in [-0.1, -0.05) is 13.0 Å². The van der Waals surface area contributed by atoms with Gasteiger partial charge < -0.3 is 4.74 Å². The van der Waals surface area contributed by atoms with Crippen LogP contribution in [-0.2, 0) is 0 Å². The summed E-state index contributed by atoms with van der Waals surface area (Å²) in [5, 5.41) is 0. The van der Waals surface area contributed by atoms with Crippen LogP contribution in [0.4, 0.5) is 8.78 Å². The van der Waals surface area contributed by atoms with E-state index in [4.69, 9.17) is 10.6 Å². The molecule has 0 fully saturated rings. The largest absolute Gasteiger partial charge is 0.492 e. The average Bonchev–Trinajstić information content (AvgIpc) is 2.48. The molecule has 112 valence electrons. The molecule has 0 spiro atoms. The van der Waals surface area contributed by atoms with Crippen LogP contribution in [0.3, 0.4) is 0 Å². The van der Waals surface area contributed by atoms with Crippen LogP contribution in [0.2, 0.25) is 0 Å². The molecule has 1 aromatic carbocycles. The van der Waals surface area contributed by atoms with E-state index in [1.54, 1.807) is 18.5 Å². The molecule has 3 N–H and O–H groups in total. The molecule has 0 bridgehead atoms. The van der Waals surface area contributed by atoms with Crippen LogP contribution in [0.15, 0.2) is 36.7 Å². The molecule has 0 aliphatic carbocycles. The average molecular weight is 293 g/mol. The minimum Gasteiger partial charge on any atom is -0.492 e. The van der Waals surface area contributed by atoms with Crippen molar-refractivity contribution in [2.24, 2.45) is 5.84 Å². The van der Waals surface area contributed by atoms with E-state index < -0.39 is 17.7 Å². The summed E-state index contributed by atoms with van der Waals surface area (Å²) >= 11 is 0. The van der Waals surface area contributed by atoms with Crippen molar-refractivity contribution in [1.82, 2.24) is 10.4 Å². The molecule has 21 heavy (non-hydrogen) atoms. The van der Waals surface area contributed by atoms with Crippen LogP contribution >= 0.6 is 0 Å². The summed E-state index contributed by atoms with van der Waals surface area (Å²) in [5.41, 5.74) is 3.40. The second-order valence-electron chi connectivity index (χ2n) is 4.57. The van der Waals surface area contributed by atoms with Gasteiger partial charge in [0, 0.05) is 17.8 Å². The summed E-state index contributed by atoms with van der Waals surface area (Å²) < 4.78 is 32.4. The normalized spacial score (nSPS) is 12.2. The Morgan fingerprint density at radius 1 is 1.29 bits per heavy atom. The van der Waals surface area contributed by atoms with Gasteiger partial charge in [-0.15, -0.1) is 0 Å². The molecule has 1 unspecified atom stereocenters. The lowest BCUT2D eigenvalue weighted by atomic mass is 10.00. The lowest BCUT2D eigenvalue weighted by Gasteiger charge is -2.18. The first-order chi connectivity index (χ1) is 10.2. The minimum absolute atomic E-state index is 0.244. The Morgan fingerprint density at radius 3 is 2.76 bits per heavy atom. The number of benzene rings is 1. The fourth-order valence-electron chi connectivity index (χ4n) is 1.99. The predicted molar refractivity (Wildman–Crippen MR) is 75.5 cm³/mol. The molecular weight excluding hydrogens is 276 g/mol. The van der Waals surface area contributed by atoms with Crippen LogP contribution in [0.25, 0.3) is 0 Å². The maximum Gasteiger partial charge on any atom is 0.137 e. The third kappa shape index (κ3) is 3.74. The van der Waals surface area contributed by atoms with Gasteiger partial charge >= 0.3 is 0 Å². The maximum absolute atomic E-state index is 13.9. The molecule has 0 saturated carbocycles. The molecule has 0 amide bonds. The zero-order valence-corrected chi connectivity index (χ0v) is 11.6. The molecule has 6 heteroatoms. The van der Waals surface area contributed by atoms with E-state index >= 15 is 0 Å². The van der Waals surface area contributed by atoms with E-state index in [9.17, 15) is 8.78 Å². The highest BCUT2D eigenvalue weighted by Gasteiger charge is 2.18. The standard InChI is InChI=1S/C15H17F2N3O/c1-2-5-21-12-6-10(8-19-9-12)15(20-18)13-4-3-11(16)7-14(13)17/h3-4,6-9,15,20H,2,5,18H2,1H3. The van der Waals surface area contributed by atoms with E-state index in [-0.39, 0.29) is 5.56 Å². The quantitative estimate of drug-likeness (QED) is 0.635. The van der Waals surface area contributed by atoms with Crippen molar-refractivity contribution in [3.8, 4) is 5.75 Å². The van der Waals surface area contributed by atoms with Crippen LogP contribution in [0.5, 0.6) is 5.75 Å². The van der Waals surface area contributed by atoms with Gasteiger partial charge in [-0.2, -0.15) is 0 Å². The van der Waals surface area contributed by atoms with Gasteiger partial charge in [0.25, 0.3) is 0 Å². The number of hydrogen-bond acceptors (Lipinski definition) is 4. The van der Waals surface area contributed by atoms with Crippen molar-refractivity contribution in [1.29, 1.82) is 0 Å². The summed E-state index contributed by atoms with van der Waals surface area (Å²) in [6.45, 7) is 2.56. The summed E-state index contributed by atoms with van der Waals surface area (Å²) in [4.78, 5) is 4.06. The molecule has 1 aromatic heterocycles. The lowest BCUT2D eigenvalue weighted by Crippen LogP contribution is -2.29. The van der Waals surface area contributed by atoms with Gasteiger partial charge in [0.1, 0.15) is 17.4 Å². The Hall–Kier alpha value is -2.05.